The molecule has 0 aliphatic rings. The van der Waals surface area contributed by atoms with Crippen LogP contribution in [0.4, 0.5) is 0 Å². The molecule has 0 fully saturated rings. The van der Waals surface area contributed by atoms with E-state index in [1.54, 1.807) is 6.20 Å². The first-order valence-corrected chi connectivity index (χ1v) is 7.47. The van der Waals surface area contributed by atoms with Crippen LogP contribution in [0.15, 0.2) is 12.5 Å². The van der Waals surface area contributed by atoms with Crippen molar-refractivity contribution >= 4 is 0 Å². The van der Waals surface area contributed by atoms with E-state index in [1.165, 1.54) is 32.1 Å². The first-order valence-electron chi connectivity index (χ1n) is 7.47. The van der Waals surface area contributed by atoms with Crippen LogP contribution in [-0.4, -0.2) is 14.7 Å². The lowest BCUT2D eigenvalue weighted by Crippen LogP contribution is -2.06. The molecule has 3 heteroatoms. The topological polar surface area (TPSA) is 38.1 Å². The second-order valence-electron chi connectivity index (χ2n) is 5.08. The fourth-order valence-corrected chi connectivity index (χ4v) is 2.30. The summed E-state index contributed by atoms with van der Waals surface area (Å²) in [5, 5.41) is 10.2. The second-order valence-corrected chi connectivity index (χ2v) is 5.08. The molecule has 0 bridgehead atoms. The van der Waals surface area contributed by atoms with Crippen molar-refractivity contribution in [2.24, 2.45) is 0 Å². The maximum absolute atomic E-state index is 10.2. The van der Waals surface area contributed by atoms with Crippen LogP contribution in [0, 0.1) is 0 Å². The van der Waals surface area contributed by atoms with Gasteiger partial charge in [-0.3, -0.25) is 0 Å². The Morgan fingerprint density at radius 2 is 1.83 bits per heavy atom. The number of rotatable bonds is 10. The molecule has 1 aromatic rings. The molecule has 0 aliphatic carbocycles. The van der Waals surface area contributed by atoms with E-state index in [0.29, 0.717) is 0 Å². The number of aliphatic hydroxyl groups excluding tert-OH is 1. The highest BCUT2D eigenvalue weighted by atomic mass is 16.3. The van der Waals surface area contributed by atoms with Crippen LogP contribution >= 0.6 is 0 Å². The average molecular weight is 252 g/mol. The Balaban J connectivity index is 2.23. The van der Waals surface area contributed by atoms with Gasteiger partial charge in [0, 0.05) is 6.54 Å². The molecule has 1 N–H and O–H groups in total. The van der Waals surface area contributed by atoms with Crippen LogP contribution in [0.25, 0.3) is 0 Å². The largest absolute Gasteiger partial charge is 0.387 e. The zero-order valence-electron chi connectivity index (χ0n) is 11.9. The zero-order valence-corrected chi connectivity index (χ0v) is 11.9. The molecule has 0 saturated carbocycles. The van der Waals surface area contributed by atoms with E-state index in [2.05, 4.69) is 23.4 Å². The Kier molecular flexibility index (Phi) is 7.74. The van der Waals surface area contributed by atoms with Gasteiger partial charge in [-0.1, -0.05) is 52.4 Å². The number of aliphatic hydroxyl groups is 1. The Bertz CT molecular complexity index is 309. The SMILES string of the molecule is CCCCCCCCC(O)c1cncn1CCC. The standard InChI is InChI=1S/C15H28N2O/c1-3-5-6-7-8-9-10-15(18)14-12-16-13-17(14)11-4-2/h12-13,15,18H,3-11H2,1-2H3. The highest BCUT2D eigenvalue weighted by Gasteiger charge is 2.11. The van der Waals surface area contributed by atoms with Gasteiger partial charge < -0.3 is 9.67 Å². The molecule has 1 rings (SSSR count). The van der Waals surface area contributed by atoms with E-state index < -0.39 is 0 Å². The minimum Gasteiger partial charge on any atom is -0.387 e. The van der Waals surface area contributed by atoms with Gasteiger partial charge in [-0.15, -0.1) is 0 Å². The summed E-state index contributed by atoms with van der Waals surface area (Å²) >= 11 is 0. The normalized spacial score (nSPS) is 12.8. The smallest absolute Gasteiger partial charge is 0.0955 e. The molecule has 1 unspecified atom stereocenters. The van der Waals surface area contributed by atoms with Gasteiger partial charge in [-0.05, 0) is 12.8 Å². The lowest BCUT2D eigenvalue weighted by atomic mass is 10.1. The van der Waals surface area contributed by atoms with Crippen molar-refractivity contribution in [3.05, 3.63) is 18.2 Å². The second kappa shape index (κ2) is 9.15. The summed E-state index contributed by atoms with van der Waals surface area (Å²) in [6.07, 6.45) is 12.8. The number of imidazole rings is 1. The summed E-state index contributed by atoms with van der Waals surface area (Å²) in [7, 11) is 0. The van der Waals surface area contributed by atoms with Crippen molar-refractivity contribution in [3.8, 4) is 0 Å². The number of hydrogen-bond acceptors (Lipinski definition) is 2. The lowest BCUT2D eigenvalue weighted by molar-refractivity contribution is 0.154. The van der Waals surface area contributed by atoms with Gasteiger partial charge in [0.25, 0.3) is 0 Å². The number of aromatic nitrogens is 2. The molecule has 3 nitrogen and oxygen atoms in total. The average Bonchev–Trinajstić information content (AvgIpc) is 2.82. The van der Waals surface area contributed by atoms with Crippen LogP contribution in [0.5, 0.6) is 0 Å². The zero-order chi connectivity index (χ0) is 13.2. The van der Waals surface area contributed by atoms with Crippen molar-refractivity contribution in [1.29, 1.82) is 0 Å². The van der Waals surface area contributed by atoms with Crippen molar-refractivity contribution in [3.63, 3.8) is 0 Å². The predicted molar refractivity (Wildman–Crippen MR) is 75.5 cm³/mol. The molecule has 0 aromatic carbocycles. The van der Waals surface area contributed by atoms with Gasteiger partial charge in [0.1, 0.15) is 0 Å². The number of hydrogen-bond donors (Lipinski definition) is 1. The van der Waals surface area contributed by atoms with Gasteiger partial charge >= 0.3 is 0 Å². The van der Waals surface area contributed by atoms with Gasteiger partial charge in [-0.2, -0.15) is 0 Å². The fourth-order valence-electron chi connectivity index (χ4n) is 2.30. The van der Waals surface area contributed by atoms with E-state index in [-0.39, 0.29) is 6.10 Å². The molecule has 0 amide bonds. The highest BCUT2D eigenvalue weighted by Crippen LogP contribution is 2.20. The Morgan fingerprint density at radius 1 is 1.11 bits per heavy atom. The van der Waals surface area contributed by atoms with Gasteiger partial charge in [-0.25, -0.2) is 4.98 Å². The Morgan fingerprint density at radius 3 is 2.56 bits per heavy atom. The molecule has 0 aliphatic heterocycles. The predicted octanol–water partition coefficient (Wildman–Crippen LogP) is 4.08. The van der Waals surface area contributed by atoms with Crippen LogP contribution in [0.2, 0.25) is 0 Å². The fraction of sp³-hybridized carbons (Fsp3) is 0.800. The van der Waals surface area contributed by atoms with E-state index in [1.807, 2.05) is 6.33 Å². The molecule has 104 valence electrons. The van der Waals surface area contributed by atoms with E-state index in [0.717, 1.165) is 31.5 Å². The third-order valence-electron chi connectivity index (χ3n) is 3.38. The number of nitrogens with zero attached hydrogens (tertiary/aromatic N) is 2. The number of aryl methyl sites for hydroxylation is 1. The third-order valence-corrected chi connectivity index (χ3v) is 3.38. The summed E-state index contributed by atoms with van der Waals surface area (Å²) in [6.45, 7) is 5.32. The third kappa shape index (κ3) is 5.21. The summed E-state index contributed by atoms with van der Waals surface area (Å²) in [4.78, 5) is 4.13. The van der Waals surface area contributed by atoms with Crippen molar-refractivity contribution in [1.82, 2.24) is 9.55 Å². The molecule has 0 saturated heterocycles. The summed E-state index contributed by atoms with van der Waals surface area (Å²) < 4.78 is 2.07. The lowest BCUT2D eigenvalue weighted by Gasteiger charge is -2.13. The summed E-state index contributed by atoms with van der Waals surface area (Å²) in [5.74, 6) is 0. The van der Waals surface area contributed by atoms with E-state index in [9.17, 15) is 5.11 Å². The summed E-state index contributed by atoms with van der Waals surface area (Å²) in [6, 6.07) is 0. The molecular formula is C15H28N2O. The van der Waals surface area contributed by atoms with Crippen LogP contribution in [-0.2, 0) is 6.54 Å². The summed E-state index contributed by atoms with van der Waals surface area (Å²) in [5.41, 5.74) is 0.977. The maximum atomic E-state index is 10.2. The quantitative estimate of drug-likeness (QED) is 0.637. The van der Waals surface area contributed by atoms with Gasteiger partial charge in [0.15, 0.2) is 0 Å². The molecule has 0 radical (unpaired) electrons. The number of unbranched alkanes of at least 4 members (excludes halogenated alkanes) is 5. The van der Waals surface area contributed by atoms with Crippen molar-refractivity contribution in [2.75, 3.05) is 0 Å². The minimum absolute atomic E-state index is 0.342. The maximum Gasteiger partial charge on any atom is 0.0955 e. The van der Waals surface area contributed by atoms with Gasteiger partial charge in [0.2, 0.25) is 0 Å². The molecular weight excluding hydrogens is 224 g/mol. The van der Waals surface area contributed by atoms with Crippen molar-refractivity contribution < 1.29 is 5.11 Å². The Labute approximate surface area is 111 Å². The first kappa shape index (κ1) is 15.2. The van der Waals surface area contributed by atoms with Crippen LogP contribution in [0.1, 0.15) is 77.0 Å². The molecule has 1 heterocycles. The Hall–Kier alpha value is -0.830. The van der Waals surface area contributed by atoms with Gasteiger partial charge in [0.05, 0.1) is 24.3 Å². The highest BCUT2D eigenvalue weighted by molar-refractivity contribution is 5.02. The van der Waals surface area contributed by atoms with Crippen molar-refractivity contribution in [2.45, 2.75) is 77.9 Å². The molecule has 1 aromatic heterocycles. The monoisotopic (exact) mass is 252 g/mol. The first-order chi connectivity index (χ1) is 8.79. The van der Waals surface area contributed by atoms with Crippen LogP contribution in [0.3, 0.4) is 0 Å². The van der Waals surface area contributed by atoms with E-state index >= 15 is 0 Å². The molecule has 1 atom stereocenters. The van der Waals surface area contributed by atoms with Crippen LogP contribution < -0.4 is 0 Å². The minimum atomic E-state index is -0.342. The molecule has 18 heavy (non-hydrogen) atoms. The molecule has 0 spiro atoms. The van der Waals surface area contributed by atoms with E-state index in [4.69, 9.17) is 0 Å².